The van der Waals surface area contributed by atoms with Crippen LogP contribution >= 0.6 is 0 Å². The molecule has 0 radical (unpaired) electrons. The molecular weight excluding hydrogens is 472 g/mol. The molecule has 0 saturated carbocycles. The number of ether oxygens (including phenoxy) is 4. The molecule has 37 heavy (non-hydrogen) atoms. The van der Waals surface area contributed by atoms with Crippen LogP contribution < -0.4 is 24.7 Å². The zero-order chi connectivity index (χ0) is 26.3. The molecule has 1 aromatic heterocycles. The Hall–Kier alpha value is -4.90. The molecule has 0 bridgehead atoms. The molecule has 0 spiro atoms. The summed E-state index contributed by atoms with van der Waals surface area (Å²) in [4.78, 5) is 13.0. The second-order valence-corrected chi connectivity index (χ2v) is 8.68. The number of nitrogens with two attached hydrogens (primary N) is 1. The Kier molecular flexibility index (Phi) is 5.98. The van der Waals surface area contributed by atoms with Gasteiger partial charge in [-0.05, 0) is 49.2 Å². The minimum absolute atomic E-state index is 0.0261. The molecule has 0 fully saturated rings. The van der Waals surface area contributed by atoms with Crippen LogP contribution in [0.25, 0.3) is 11.0 Å². The third-order valence-corrected chi connectivity index (χ3v) is 6.42. The highest BCUT2D eigenvalue weighted by Crippen LogP contribution is 2.45. The van der Waals surface area contributed by atoms with Crippen LogP contribution in [-0.2, 0) is 0 Å². The number of furan rings is 1. The fourth-order valence-corrected chi connectivity index (χ4v) is 4.56. The van der Waals surface area contributed by atoms with Crippen molar-refractivity contribution in [3.8, 4) is 29.1 Å². The molecule has 186 valence electrons. The standard InChI is InChI=1S/C29H24N2O6/c1-15-5-8-19-16(2)27(36-23(19)11-15)29(32)35-18-7-9-20-24(13-18)37-28(31)21(14-30)26(20)17-6-10-22(33-3)25(12-17)34-4/h5-13,26H,31H2,1-4H3. The van der Waals surface area contributed by atoms with E-state index in [1.165, 1.54) is 0 Å². The molecule has 1 atom stereocenters. The molecule has 2 heterocycles. The number of esters is 1. The van der Waals surface area contributed by atoms with Gasteiger partial charge >= 0.3 is 5.97 Å². The maximum Gasteiger partial charge on any atom is 0.379 e. The maximum atomic E-state index is 13.0. The number of fused-ring (bicyclic) bond motifs is 2. The van der Waals surface area contributed by atoms with Crippen LogP contribution in [0.1, 0.15) is 38.7 Å². The van der Waals surface area contributed by atoms with E-state index in [0.29, 0.717) is 34.0 Å². The fraction of sp³-hybridized carbons (Fsp3) is 0.172. The summed E-state index contributed by atoms with van der Waals surface area (Å²) in [5, 5.41) is 10.7. The Morgan fingerprint density at radius 1 is 1.00 bits per heavy atom. The quantitative estimate of drug-likeness (QED) is 0.284. The van der Waals surface area contributed by atoms with Crippen molar-refractivity contribution in [1.82, 2.24) is 0 Å². The molecule has 4 aromatic rings. The van der Waals surface area contributed by atoms with E-state index in [9.17, 15) is 10.1 Å². The molecule has 1 unspecified atom stereocenters. The molecule has 1 aliphatic rings. The van der Waals surface area contributed by atoms with E-state index in [-0.39, 0.29) is 23.0 Å². The average molecular weight is 497 g/mol. The Morgan fingerprint density at radius 2 is 1.78 bits per heavy atom. The van der Waals surface area contributed by atoms with Gasteiger partial charge < -0.3 is 29.1 Å². The first kappa shape index (κ1) is 23.8. The lowest BCUT2D eigenvalue weighted by Gasteiger charge is -2.27. The molecule has 2 N–H and O–H groups in total. The molecule has 0 saturated heterocycles. The van der Waals surface area contributed by atoms with Crippen molar-refractivity contribution in [2.45, 2.75) is 19.8 Å². The molecule has 8 nitrogen and oxygen atoms in total. The van der Waals surface area contributed by atoms with Crippen LogP contribution in [-0.4, -0.2) is 20.2 Å². The smallest absolute Gasteiger partial charge is 0.379 e. The highest BCUT2D eigenvalue weighted by atomic mass is 16.5. The van der Waals surface area contributed by atoms with Crippen LogP contribution in [0.4, 0.5) is 0 Å². The molecule has 3 aromatic carbocycles. The number of nitrogens with zero attached hydrogens (tertiary/aromatic N) is 1. The molecule has 5 rings (SSSR count). The van der Waals surface area contributed by atoms with Gasteiger partial charge in [0.25, 0.3) is 0 Å². The molecule has 0 aliphatic carbocycles. The SMILES string of the molecule is COc1ccc(C2C(C#N)=C(N)Oc3cc(OC(=O)c4oc5cc(C)ccc5c4C)ccc32)cc1OC. The topological polar surface area (TPSA) is 117 Å². The number of aryl methyl sites for hydroxylation is 2. The van der Waals surface area contributed by atoms with Crippen LogP contribution in [0, 0.1) is 25.2 Å². The zero-order valence-electron chi connectivity index (χ0n) is 20.7. The molecule has 1 aliphatic heterocycles. The summed E-state index contributed by atoms with van der Waals surface area (Å²) in [5.41, 5.74) is 10.2. The molecule has 8 heteroatoms. The highest BCUT2D eigenvalue weighted by Gasteiger charge is 2.32. The maximum absolute atomic E-state index is 13.0. The Bertz CT molecular complexity index is 1630. The van der Waals surface area contributed by atoms with Gasteiger partial charge in [-0.2, -0.15) is 5.26 Å². The number of benzene rings is 3. The van der Waals surface area contributed by atoms with Crippen molar-refractivity contribution in [2.75, 3.05) is 14.2 Å². The van der Waals surface area contributed by atoms with Crippen molar-refractivity contribution in [2.24, 2.45) is 5.73 Å². The first-order valence-electron chi connectivity index (χ1n) is 11.5. The summed E-state index contributed by atoms with van der Waals surface area (Å²) in [6.45, 7) is 3.77. The van der Waals surface area contributed by atoms with Gasteiger partial charge in [-0.15, -0.1) is 0 Å². The van der Waals surface area contributed by atoms with Crippen molar-refractivity contribution < 1.29 is 28.2 Å². The van der Waals surface area contributed by atoms with Crippen molar-refractivity contribution in [1.29, 1.82) is 5.26 Å². The predicted octanol–water partition coefficient (Wildman–Crippen LogP) is 5.50. The Labute approximate surface area is 213 Å². The van der Waals surface area contributed by atoms with E-state index >= 15 is 0 Å². The van der Waals surface area contributed by atoms with Gasteiger partial charge in [-0.1, -0.05) is 24.3 Å². The molecular formula is C29H24N2O6. The Morgan fingerprint density at radius 3 is 2.51 bits per heavy atom. The number of allylic oxidation sites excluding steroid dienone is 1. The van der Waals surface area contributed by atoms with E-state index < -0.39 is 11.9 Å². The second-order valence-electron chi connectivity index (χ2n) is 8.68. The number of hydrogen-bond acceptors (Lipinski definition) is 8. The van der Waals surface area contributed by atoms with Crippen LogP contribution in [0.5, 0.6) is 23.0 Å². The van der Waals surface area contributed by atoms with Crippen molar-refractivity contribution in [3.05, 3.63) is 94.1 Å². The monoisotopic (exact) mass is 496 g/mol. The van der Waals surface area contributed by atoms with Crippen LogP contribution in [0.3, 0.4) is 0 Å². The van der Waals surface area contributed by atoms with Gasteiger partial charge in [-0.25, -0.2) is 4.79 Å². The van der Waals surface area contributed by atoms with Crippen molar-refractivity contribution >= 4 is 16.9 Å². The normalized spacial score (nSPS) is 14.5. The lowest BCUT2D eigenvalue weighted by molar-refractivity contribution is 0.0702. The summed E-state index contributed by atoms with van der Waals surface area (Å²) in [7, 11) is 3.09. The van der Waals surface area contributed by atoms with Gasteiger partial charge in [0, 0.05) is 22.6 Å². The lowest BCUT2D eigenvalue weighted by atomic mass is 9.83. The van der Waals surface area contributed by atoms with E-state index in [4.69, 9.17) is 29.1 Å². The highest BCUT2D eigenvalue weighted by molar-refractivity contribution is 5.97. The van der Waals surface area contributed by atoms with E-state index in [1.54, 1.807) is 44.6 Å². The first-order chi connectivity index (χ1) is 17.8. The van der Waals surface area contributed by atoms with Crippen LogP contribution in [0.15, 0.2) is 70.5 Å². The Balaban J connectivity index is 1.50. The second kappa shape index (κ2) is 9.28. The summed E-state index contributed by atoms with van der Waals surface area (Å²) < 4.78 is 28.0. The predicted molar refractivity (Wildman–Crippen MR) is 136 cm³/mol. The zero-order valence-corrected chi connectivity index (χ0v) is 20.7. The summed E-state index contributed by atoms with van der Waals surface area (Å²) in [5.74, 6) is 0.671. The summed E-state index contributed by atoms with van der Waals surface area (Å²) >= 11 is 0. The van der Waals surface area contributed by atoms with Gasteiger partial charge in [0.05, 0.1) is 20.1 Å². The largest absolute Gasteiger partial charge is 0.493 e. The van der Waals surface area contributed by atoms with E-state index in [0.717, 1.165) is 16.5 Å². The number of methoxy groups -OCH3 is 2. The fourth-order valence-electron chi connectivity index (χ4n) is 4.56. The molecule has 0 amide bonds. The number of rotatable bonds is 5. The van der Waals surface area contributed by atoms with Gasteiger partial charge in [0.15, 0.2) is 11.5 Å². The summed E-state index contributed by atoms with van der Waals surface area (Å²) in [6, 6.07) is 18.3. The third-order valence-electron chi connectivity index (χ3n) is 6.42. The summed E-state index contributed by atoms with van der Waals surface area (Å²) in [6.07, 6.45) is 0. The lowest BCUT2D eigenvalue weighted by Crippen LogP contribution is -2.21. The van der Waals surface area contributed by atoms with Gasteiger partial charge in [-0.3, -0.25) is 0 Å². The van der Waals surface area contributed by atoms with Gasteiger partial charge in [0.1, 0.15) is 28.7 Å². The van der Waals surface area contributed by atoms with Gasteiger partial charge in [0.2, 0.25) is 11.6 Å². The average Bonchev–Trinajstić information content (AvgIpc) is 3.22. The van der Waals surface area contributed by atoms with E-state index in [2.05, 4.69) is 6.07 Å². The number of hydrogen-bond donors (Lipinski definition) is 1. The van der Waals surface area contributed by atoms with Crippen molar-refractivity contribution in [3.63, 3.8) is 0 Å². The minimum Gasteiger partial charge on any atom is -0.493 e. The number of carbonyl (C=O) groups excluding carboxylic acids is 1. The number of carbonyl (C=O) groups is 1. The third kappa shape index (κ3) is 4.10. The first-order valence-corrected chi connectivity index (χ1v) is 11.5. The van der Waals surface area contributed by atoms with E-state index in [1.807, 2.05) is 38.1 Å². The van der Waals surface area contributed by atoms with Crippen LogP contribution in [0.2, 0.25) is 0 Å². The number of nitriles is 1. The minimum atomic E-state index is -0.625.